The number of pyridine rings is 1. The van der Waals surface area contributed by atoms with E-state index in [-0.39, 0.29) is 5.69 Å². The average molecular weight is 325 g/mol. The summed E-state index contributed by atoms with van der Waals surface area (Å²) in [6.07, 6.45) is -4.24. The average Bonchev–Trinajstić information content (AvgIpc) is 2.48. The predicted molar refractivity (Wildman–Crippen MR) is 79.3 cm³/mol. The summed E-state index contributed by atoms with van der Waals surface area (Å²) in [5.74, 6) is -0.259. The van der Waals surface area contributed by atoms with Gasteiger partial charge in [-0.25, -0.2) is 4.98 Å². The van der Waals surface area contributed by atoms with Crippen LogP contribution in [0.15, 0.2) is 42.6 Å². The third-order valence-electron chi connectivity index (χ3n) is 2.87. The van der Waals surface area contributed by atoms with E-state index in [2.05, 4.69) is 15.6 Å². The number of hydrogen-bond donors (Lipinski definition) is 3. The molecule has 1 atom stereocenters. The molecule has 0 aliphatic heterocycles. The number of benzene rings is 1. The zero-order valence-electron chi connectivity index (χ0n) is 12.1. The normalized spacial score (nSPS) is 12.6. The molecule has 0 radical (unpaired) electrons. The van der Waals surface area contributed by atoms with Gasteiger partial charge < -0.3 is 15.7 Å². The van der Waals surface area contributed by atoms with Gasteiger partial charge in [-0.15, -0.1) is 0 Å². The fourth-order valence-corrected chi connectivity index (χ4v) is 1.71. The highest BCUT2D eigenvalue weighted by atomic mass is 19.4. The molecule has 2 aromatic rings. The summed E-state index contributed by atoms with van der Waals surface area (Å²) in [5, 5.41) is 14.3. The summed E-state index contributed by atoms with van der Waals surface area (Å²) in [5.41, 5.74) is -0.151. The van der Waals surface area contributed by atoms with E-state index in [1.165, 1.54) is 37.4 Å². The molecule has 1 unspecified atom stereocenters. The number of alkyl halides is 3. The van der Waals surface area contributed by atoms with Gasteiger partial charge in [0.2, 0.25) is 0 Å². The SMILES string of the molecule is CC(O)C(=O)Nc1ccc(Nc2cccc(C(F)(F)F)c2)nc1. The summed E-state index contributed by atoms with van der Waals surface area (Å²) in [6.45, 7) is 1.33. The Morgan fingerprint density at radius 2 is 1.96 bits per heavy atom. The molecular formula is C15H14F3N3O2. The van der Waals surface area contributed by atoms with Crippen molar-refractivity contribution in [3.63, 3.8) is 0 Å². The second-order valence-corrected chi connectivity index (χ2v) is 4.80. The number of aliphatic hydroxyl groups excluding tert-OH is 1. The quantitative estimate of drug-likeness (QED) is 0.807. The molecule has 8 heteroatoms. The van der Waals surface area contributed by atoms with Gasteiger partial charge >= 0.3 is 6.18 Å². The van der Waals surface area contributed by atoms with E-state index in [9.17, 15) is 18.0 Å². The van der Waals surface area contributed by atoms with Crippen LogP contribution in [0.2, 0.25) is 0 Å². The highest BCUT2D eigenvalue weighted by Gasteiger charge is 2.30. The van der Waals surface area contributed by atoms with Crippen LogP contribution in [0, 0.1) is 0 Å². The van der Waals surface area contributed by atoms with Crippen molar-refractivity contribution in [3.8, 4) is 0 Å². The molecule has 1 amide bonds. The number of nitrogens with zero attached hydrogens (tertiary/aromatic N) is 1. The number of rotatable bonds is 4. The lowest BCUT2D eigenvalue weighted by Gasteiger charge is -2.11. The molecule has 0 bridgehead atoms. The van der Waals surface area contributed by atoms with E-state index in [1.54, 1.807) is 0 Å². The minimum atomic E-state index is -4.42. The molecule has 23 heavy (non-hydrogen) atoms. The first kappa shape index (κ1) is 16.8. The first-order valence-corrected chi connectivity index (χ1v) is 6.65. The molecule has 5 nitrogen and oxygen atoms in total. The molecule has 0 aliphatic carbocycles. The van der Waals surface area contributed by atoms with Crippen LogP contribution in [0.25, 0.3) is 0 Å². The van der Waals surface area contributed by atoms with Crippen LogP contribution in [0.5, 0.6) is 0 Å². The van der Waals surface area contributed by atoms with Crippen molar-refractivity contribution >= 4 is 23.1 Å². The van der Waals surface area contributed by atoms with E-state index in [1.807, 2.05) is 0 Å². The number of carbonyl (C=O) groups is 1. The monoisotopic (exact) mass is 325 g/mol. The Morgan fingerprint density at radius 1 is 1.22 bits per heavy atom. The van der Waals surface area contributed by atoms with E-state index in [0.29, 0.717) is 11.5 Å². The lowest BCUT2D eigenvalue weighted by atomic mass is 10.2. The van der Waals surface area contributed by atoms with Gasteiger partial charge in [-0.05, 0) is 37.3 Å². The molecule has 1 aromatic carbocycles. The summed E-state index contributed by atoms with van der Waals surface area (Å²) < 4.78 is 37.9. The molecule has 3 N–H and O–H groups in total. The first-order chi connectivity index (χ1) is 10.8. The Balaban J connectivity index is 2.08. The van der Waals surface area contributed by atoms with Gasteiger partial charge in [0.05, 0.1) is 17.4 Å². The number of anilines is 3. The number of carbonyl (C=O) groups excluding carboxylic acids is 1. The van der Waals surface area contributed by atoms with Crippen molar-refractivity contribution < 1.29 is 23.1 Å². The second-order valence-electron chi connectivity index (χ2n) is 4.80. The first-order valence-electron chi connectivity index (χ1n) is 6.65. The Kier molecular flexibility index (Phi) is 4.85. The molecule has 0 fully saturated rings. The van der Waals surface area contributed by atoms with E-state index < -0.39 is 23.8 Å². The number of hydrogen-bond acceptors (Lipinski definition) is 4. The maximum absolute atomic E-state index is 12.6. The van der Waals surface area contributed by atoms with Gasteiger partial charge in [0, 0.05) is 5.69 Å². The lowest BCUT2D eigenvalue weighted by Crippen LogP contribution is -2.24. The molecule has 122 valence electrons. The van der Waals surface area contributed by atoms with Crippen molar-refractivity contribution in [2.75, 3.05) is 10.6 Å². The molecule has 0 spiro atoms. The fraction of sp³-hybridized carbons (Fsp3) is 0.200. The van der Waals surface area contributed by atoms with Crippen molar-refractivity contribution in [3.05, 3.63) is 48.2 Å². The van der Waals surface area contributed by atoms with Crippen LogP contribution >= 0.6 is 0 Å². The maximum atomic E-state index is 12.6. The molecule has 1 aromatic heterocycles. The number of halogens is 3. The van der Waals surface area contributed by atoms with Crippen molar-refractivity contribution in [2.24, 2.45) is 0 Å². The van der Waals surface area contributed by atoms with Gasteiger partial charge in [-0.1, -0.05) is 6.07 Å². The number of nitrogens with one attached hydrogen (secondary N) is 2. The fourth-order valence-electron chi connectivity index (χ4n) is 1.71. The van der Waals surface area contributed by atoms with Crippen molar-refractivity contribution in [1.82, 2.24) is 4.98 Å². The van der Waals surface area contributed by atoms with Crippen LogP contribution in [0.1, 0.15) is 12.5 Å². The molecule has 0 aliphatic rings. The van der Waals surface area contributed by atoms with Crippen LogP contribution in [0.3, 0.4) is 0 Å². The second kappa shape index (κ2) is 6.66. The van der Waals surface area contributed by atoms with Gasteiger partial charge in [0.1, 0.15) is 11.9 Å². The summed E-state index contributed by atoms with van der Waals surface area (Å²) >= 11 is 0. The molecule has 0 saturated carbocycles. The van der Waals surface area contributed by atoms with Gasteiger partial charge in [0.25, 0.3) is 5.91 Å². The van der Waals surface area contributed by atoms with Gasteiger partial charge in [0.15, 0.2) is 0 Å². The summed E-state index contributed by atoms with van der Waals surface area (Å²) in [4.78, 5) is 15.3. The van der Waals surface area contributed by atoms with Crippen molar-refractivity contribution in [1.29, 1.82) is 0 Å². The maximum Gasteiger partial charge on any atom is 0.416 e. The minimum Gasteiger partial charge on any atom is -0.384 e. The number of aromatic nitrogens is 1. The molecule has 0 saturated heterocycles. The Morgan fingerprint density at radius 3 is 2.52 bits per heavy atom. The summed E-state index contributed by atoms with van der Waals surface area (Å²) in [6, 6.07) is 7.75. The minimum absolute atomic E-state index is 0.244. The molecule has 1 heterocycles. The number of amides is 1. The zero-order chi connectivity index (χ0) is 17.0. The number of aliphatic hydroxyl groups is 1. The van der Waals surface area contributed by atoms with E-state index in [0.717, 1.165) is 12.1 Å². The largest absolute Gasteiger partial charge is 0.416 e. The van der Waals surface area contributed by atoms with Crippen molar-refractivity contribution in [2.45, 2.75) is 19.2 Å². The topological polar surface area (TPSA) is 74.2 Å². The highest BCUT2D eigenvalue weighted by Crippen LogP contribution is 2.31. The zero-order valence-corrected chi connectivity index (χ0v) is 12.1. The molecule has 2 rings (SSSR count). The Bertz CT molecular complexity index is 685. The van der Waals surface area contributed by atoms with Gasteiger partial charge in [-0.2, -0.15) is 13.2 Å². The third kappa shape index (κ3) is 4.68. The van der Waals surface area contributed by atoms with Crippen LogP contribution in [-0.2, 0) is 11.0 Å². The Labute approximate surface area is 130 Å². The lowest BCUT2D eigenvalue weighted by molar-refractivity contribution is -0.137. The summed E-state index contributed by atoms with van der Waals surface area (Å²) in [7, 11) is 0. The van der Waals surface area contributed by atoms with Crippen LogP contribution in [-0.4, -0.2) is 22.1 Å². The van der Waals surface area contributed by atoms with Crippen LogP contribution < -0.4 is 10.6 Å². The third-order valence-corrected chi connectivity index (χ3v) is 2.87. The Hall–Kier alpha value is -2.61. The smallest absolute Gasteiger partial charge is 0.384 e. The van der Waals surface area contributed by atoms with Crippen LogP contribution in [0.4, 0.5) is 30.4 Å². The van der Waals surface area contributed by atoms with Gasteiger partial charge in [-0.3, -0.25) is 4.79 Å². The standard InChI is InChI=1S/C15H14F3N3O2/c1-9(22)14(23)21-12-5-6-13(19-8-12)20-11-4-2-3-10(7-11)15(16,17)18/h2-9,22H,1H3,(H,19,20)(H,21,23). The predicted octanol–water partition coefficient (Wildman–Crippen LogP) is 3.16. The van der Waals surface area contributed by atoms with E-state index >= 15 is 0 Å². The molecular weight excluding hydrogens is 311 g/mol. The van der Waals surface area contributed by atoms with E-state index in [4.69, 9.17) is 5.11 Å². The highest BCUT2D eigenvalue weighted by molar-refractivity contribution is 5.93.